The molecule has 5 rings (SSSR count). The first-order valence-corrected chi connectivity index (χ1v) is 13.6. The molecular weight excluding hydrogens is 530 g/mol. The summed E-state index contributed by atoms with van der Waals surface area (Å²) < 4.78 is 65.8. The van der Waals surface area contributed by atoms with Crippen LogP contribution in [0.3, 0.4) is 0 Å². The van der Waals surface area contributed by atoms with Gasteiger partial charge >= 0.3 is 0 Å². The van der Waals surface area contributed by atoms with Crippen LogP contribution < -0.4 is 5.32 Å². The lowest BCUT2D eigenvalue weighted by Gasteiger charge is -2.30. The lowest BCUT2D eigenvalue weighted by Crippen LogP contribution is -2.41. The zero-order chi connectivity index (χ0) is 27.6. The molecule has 12 heteroatoms. The second kappa shape index (κ2) is 10.9. The van der Waals surface area contributed by atoms with Crippen LogP contribution in [0.15, 0.2) is 68.7 Å². The van der Waals surface area contributed by atoms with E-state index in [-0.39, 0.29) is 46.8 Å². The summed E-state index contributed by atoms with van der Waals surface area (Å²) in [6, 6.07) is 12.0. The summed E-state index contributed by atoms with van der Waals surface area (Å²) in [6.45, 7) is 1.75. The predicted molar refractivity (Wildman–Crippen MR) is 139 cm³/mol. The second-order valence-corrected chi connectivity index (χ2v) is 11.0. The van der Waals surface area contributed by atoms with Crippen LogP contribution >= 0.6 is 0 Å². The molecule has 1 aliphatic rings. The molecule has 1 amide bonds. The Morgan fingerprint density at radius 3 is 2.59 bits per heavy atom. The lowest BCUT2D eigenvalue weighted by atomic mass is 9.97. The van der Waals surface area contributed by atoms with Gasteiger partial charge in [0, 0.05) is 48.0 Å². The highest BCUT2D eigenvalue weighted by atomic mass is 32.2. The van der Waals surface area contributed by atoms with E-state index >= 15 is 0 Å². The Kier molecular flexibility index (Phi) is 7.40. The van der Waals surface area contributed by atoms with E-state index in [0.29, 0.717) is 24.3 Å². The van der Waals surface area contributed by atoms with Crippen LogP contribution in [0.1, 0.15) is 29.9 Å². The molecule has 9 nitrogen and oxygen atoms in total. The highest BCUT2D eigenvalue weighted by Crippen LogP contribution is 2.30. The molecule has 0 spiro atoms. The topological polar surface area (TPSA) is 119 Å². The molecule has 0 aliphatic carbocycles. The van der Waals surface area contributed by atoms with Crippen molar-refractivity contribution in [3.05, 3.63) is 83.4 Å². The number of piperidine rings is 1. The summed E-state index contributed by atoms with van der Waals surface area (Å²) in [5.41, 5.74) is 1.58. The number of hydrogen-bond donors (Lipinski definition) is 1. The first-order chi connectivity index (χ1) is 18.7. The fourth-order valence-corrected chi connectivity index (χ4v) is 6.17. The number of hydrogen-bond acceptors (Lipinski definition) is 7. The van der Waals surface area contributed by atoms with Gasteiger partial charge in [0.25, 0.3) is 0 Å². The van der Waals surface area contributed by atoms with Crippen molar-refractivity contribution < 1.29 is 31.0 Å². The molecule has 4 aromatic rings. The number of sulfonamides is 1. The van der Waals surface area contributed by atoms with Crippen molar-refractivity contribution in [2.24, 2.45) is 5.92 Å². The molecule has 0 atom stereocenters. The molecule has 2 aromatic heterocycles. The van der Waals surface area contributed by atoms with Gasteiger partial charge in [-0.05, 0) is 56.2 Å². The lowest BCUT2D eigenvalue weighted by molar-refractivity contribution is -0.120. The van der Waals surface area contributed by atoms with Crippen molar-refractivity contribution in [1.29, 1.82) is 0 Å². The second-order valence-electron chi connectivity index (χ2n) is 9.09. The minimum Gasteiger partial charge on any atom is -0.356 e. The van der Waals surface area contributed by atoms with Gasteiger partial charge in [0.1, 0.15) is 17.3 Å². The van der Waals surface area contributed by atoms with Gasteiger partial charge in [-0.3, -0.25) is 4.79 Å². The van der Waals surface area contributed by atoms with E-state index < -0.39 is 21.7 Å². The Bertz CT molecular complexity index is 1630. The normalized spacial score (nSPS) is 15.2. The fraction of sp³-hybridized carbons (Fsp3) is 0.222. The van der Waals surface area contributed by atoms with Gasteiger partial charge in [-0.1, -0.05) is 22.4 Å². The van der Waals surface area contributed by atoms with Crippen molar-refractivity contribution in [3.63, 3.8) is 0 Å². The van der Waals surface area contributed by atoms with Crippen molar-refractivity contribution in [1.82, 2.24) is 14.6 Å². The summed E-state index contributed by atoms with van der Waals surface area (Å²) in [7, 11) is -4.02. The molecule has 1 aliphatic heterocycles. The van der Waals surface area contributed by atoms with E-state index in [2.05, 4.69) is 15.6 Å². The summed E-state index contributed by atoms with van der Waals surface area (Å²) in [4.78, 5) is 12.8. The molecule has 1 saturated heterocycles. The number of benzene rings is 2. The molecule has 1 N–H and O–H groups in total. The SMILES string of the molecule is Cc1noc(C=Cc2ccc(F)cc2F)c1S(=O)(=O)N1CCC(C(=O)Nc2cccc(-c3ccno3)c2)CC1. The van der Waals surface area contributed by atoms with E-state index in [0.717, 1.165) is 17.7 Å². The number of carbonyl (C=O) groups is 1. The number of carbonyl (C=O) groups excluding carboxylic acids is 1. The average molecular weight is 555 g/mol. The number of nitrogens with one attached hydrogen (secondary N) is 1. The Morgan fingerprint density at radius 2 is 1.87 bits per heavy atom. The van der Waals surface area contributed by atoms with Crippen LogP contribution in [0.5, 0.6) is 0 Å². The number of aryl methyl sites for hydroxylation is 1. The van der Waals surface area contributed by atoms with Crippen molar-refractivity contribution >= 4 is 33.8 Å². The zero-order valence-electron chi connectivity index (χ0n) is 20.8. The molecule has 1 fully saturated rings. The Hall–Kier alpha value is -4.16. The van der Waals surface area contributed by atoms with E-state index in [9.17, 15) is 22.0 Å². The predicted octanol–water partition coefficient (Wildman–Crippen LogP) is 5.13. The van der Waals surface area contributed by atoms with Crippen LogP contribution in [0.2, 0.25) is 0 Å². The number of halogens is 2. The van der Waals surface area contributed by atoms with Crippen LogP contribution in [-0.4, -0.2) is 42.0 Å². The van der Waals surface area contributed by atoms with Crippen molar-refractivity contribution in [2.45, 2.75) is 24.7 Å². The molecule has 0 radical (unpaired) electrons. The Morgan fingerprint density at radius 1 is 1.08 bits per heavy atom. The third-order valence-corrected chi connectivity index (χ3v) is 8.54. The molecular formula is C27H24F2N4O5S. The molecule has 39 heavy (non-hydrogen) atoms. The summed E-state index contributed by atoms with van der Waals surface area (Å²) >= 11 is 0. The molecule has 3 heterocycles. The number of aromatic nitrogens is 2. The van der Waals surface area contributed by atoms with Gasteiger partial charge in [0.05, 0.1) is 6.20 Å². The smallest absolute Gasteiger partial charge is 0.248 e. The first kappa shape index (κ1) is 26.4. The standard InChI is InChI=1S/C27H24F2N4O5S/c1-17-26(25(38-32-17)8-6-18-5-7-21(28)16-23(18)29)39(35,36)33-13-10-19(11-14-33)27(34)31-22-4-2-3-20(15-22)24-9-12-30-37-24/h2-9,12,15-16,19H,10-11,13-14H2,1H3,(H,31,34). The summed E-state index contributed by atoms with van der Waals surface area (Å²) in [5.74, 6) is -1.59. The Labute approximate surface area is 223 Å². The minimum absolute atomic E-state index is 0.0620. The largest absolute Gasteiger partial charge is 0.356 e. The van der Waals surface area contributed by atoms with E-state index in [1.165, 1.54) is 35.6 Å². The fourth-order valence-electron chi connectivity index (χ4n) is 4.45. The number of rotatable bonds is 7. The first-order valence-electron chi connectivity index (χ1n) is 12.1. The van der Waals surface area contributed by atoms with E-state index in [1.54, 1.807) is 24.3 Å². The molecule has 2 aromatic carbocycles. The number of anilines is 1. The summed E-state index contributed by atoms with van der Waals surface area (Å²) in [5, 5.41) is 10.4. The quantitative estimate of drug-likeness (QED) is 0.337. The molecule has 0 saturated carbocycles. The third-order valence-electron chi connectivity index (χ3n) is 6.49. The average Bonchev–Trinajstić information content (AvgIpc) is 3.59. The van der Waals surface area contributed by atoms with Crippen LogP contribution in [0, 0.1) is 24.5 Å². The third kappa shape index (κ3) is 5.66. The molecule has 0 unspecified atom stereocenters. The minimum atomic E-state index is -4.02. The van der Waals surface area contributed by atoms with Crippen molar-refractivity contribution in [3.8, 4) is 11.3 Å². The summed E-state index contributed by atoms with van der Waals surface area (Å²) in [6.07, 6.45) is 4.76. The highest BCUT2D eigenvalue weighted by Gasteiger charge is 2.36. The maximum Gasteiger partial charge on any atom is 0.248 e. The number of amides is 1. The van der Waals surface area contributed by atoms with Crippen molar-refractivity contribution in [2.75, 3.05) is 18.4 Å². The number of nitrogens with zero attached hydrogens (tertiary/aromatic N) is 3. The van der Waals surface area contributed by atoms with Gasteiger partial charge in [-0.15, -0.1) is 0 Å². The Balaban J connectivity index is 1.25. The van der Waals surface area contributed by atoms with Gasteiger partial charge in [0.2, 0.25) is 15.9 Å². The van der Waals surface area contributed by atoms with Crippen LogP contribution in [0.4, 0.5) is 14.5 Å². The van der Waals surface area contributed by atoms with E-state index in [4.69, 9.17) is 9.05 Å². The van der Waals surface area contributed by atoms with E-state index in [1.807, 2.05) is 6.07 Å². The maximum absolute atomic E-state index is 14.0. The maximum atomic E-state index is 14.0. The molecule has 202 valence electrons. The van der Waals surface area contributed by atoms with Gasteiger partial charge in [-0.2, -0.15) is 4.31 Å². The van der Waals surface area contributed by atoms with Gasteiger partial charge < -0.3 is 14.4 Å². The van der Waals surface area contributed by atoms with Crippen LogP contribution in [-0.2, 0) is 14.8 Å². The monoisotopic (exact) mass is 554 g/mol. The van der Waals surface area contributed by atoms with Gasteiger partial charge in [0.15, 0.2) is 16.4 Å². The highest BCUT2D eigenvalue weighted by molar-refractivity contribution is 7.89. The zero-order valence-corrected chi connectivity index (χ0v) is 21.6. The van der Waals surface area contributed by atoms with Crippen LogP contribution in [0.25, 0.3) is 23.5 Å². The van der Waals surface area contributed by atoms with Gasteiger partial charge in [-0.25, -0.2) is 17.2 Å². The molecule has 0 bridgehead atoms.